The molecule has 7 heteroatoms. The Kier molecular flexibility index (Phi) is 8.33. The molecule has 0 radical (unpaired) electrons. The van der Waals surface area contributed by atoms with Gasteiger partial charge in [-0.3, -0.25) is 9.59 Å². The lowest BCUT2D eigenvalue weighted by Crippen LogP contribution is -2.52. The van der Waals surface area contributed by atoms with E-state index in [2.05, 4.69) is 0 Å². The summed E-state index contributed by atoms with van der Waals surface area (Å²) in [6, 6.07) is 16.6. The summed E-state index contributed by atoms with van der Waals surface area (Å²) in [6.07, 6.45) is 5.38. The van der Waals surface area contributed by atoms with E-state index in [0.29, 0.717) is 36.9 Å². The van der Waals surface area contributed by atoms with E-state index in [1.54, 1.807) is 24.3 Å². The molecule has 2 saturated heterocycles. The van der Waals surface area contributed by atoms with Crippen molar-refractivity contribution in [3.63, 3.8) is 0 Å². The van der Waals surface area contributed by atoms with Crippen LogP contribution in [0.1, 0.15) is 38.5 Å². The second-order valence-corrected chi connectivity index (χ2v) is 9.82. The van der Waals surface area contributed by atoms with Gasteiger partial charge in [0.15, 0.2) is 6.61 Å². The molecule has 34 heavy (non-hydrogen) atoms. The summed E-state index contributed by atoms with van der Waals surface area (Å²) < 4.78 is 11.8. The van der Waals surface area contributed by atoms with Crippen molar-refractivity contribution in [2.45, 2.75) is 38.5 Å². The molecule has 2 aliphatic rings. The van der Waals surface area contributed by atoms with Gasteiger partial charge in [-0.1, -0.05) is 29.8 Å². The lowest BCUT2D eigenvalue weighted by Gasteiger charge is -2.43. The second kappa shape index (κ2) is 11.6. The number of halogens is 1. The molecule has 2 heterocycles. The Hall–Kier alpha value is -2.73. The van der Waals surface area contributed by atoms with Gasteiger partial charge in [0, 0.05) is 43.0 Å². The summed E-state index contributed by atoms with van der Waals surface area (Å²) in [5.41, 5.74) is -0.418. The fraction of sp³-hybridized carbons (Fsp3) is 0.481. The maximum absolute atomic E-state index is 13.2. The van der Waals surface area contributed by atoms with Gasteiger partial charge in [-0.2, -0.15) is 0 Å². The number of nitrogens with zero attached hydrogens (tertiary/aromatic N) is 2. The number of hydrogen-bond donors (Lipinski definition) is 0. The number of carbonyl (C=O) groups is 2. The van der Waals surface area contributed by atoms with Gasteiger partial charge >= 0.3 is 0 Å². The van der Waals surface area contributed by atoms with Crippen molar-refractivity contribution in [2.24, 2.45) is 5.41 Å². The van der Waals surface area contributed by atoms with E-state index in [9.17, 15) is 9.59 Å². The third-order valence-corrected chi connectivity index (χ3v) is 6.97. The zero-order chi connectivity index (χ0) is 23.8. The van der Waals surface area contributed by atoms with Gasteiger partial charge in [-0.25, -0.2) is 0 Å². The molecule has 2 amide bonds. The Bertz CT molecular complexity index is 947. The largest absolute Gasteiger partial charge is 0.493 e. The van der Waals surface area contributed by atoms with E-state index in [-0.39, 0.29) is 18.4 Å². The minimum absolute atomic E-state index is 0.0443. The quantitative estimate of drug-likeness (QED) is 0.539. The van der Waals surface area contributed by atoms with Crippen LogP contribution < -0.4 is 9.47 Å². The molecule has 0 unspecified atom stereocenters. The number of carbonyl (C=O) groups excluding carboxylic acids is 2. The first-order valence-electron chi connectivity index (χ1n) is 12.1. The van der Waals surface area contributed by atoms with Crippen LogP contribution in [0, 0.1) is 5.41 Å². The van der Waals surface area contributed by atoms with Crippen molar-refractivity contribution in [1.82, 2.24) is 9.80 Å². The van der Waals surface area contributed by atoms with Crippen LogP contribution in [0.5, 0.6) is 11.5 Å². The molecular weight excluding hydrogens is 452 g/mol. The molecule has 2 aromatic rings. The minimum Gasteiger partial charge on any atom is -0.493 e. The number of benzene rings is 2. The monoisotopic (exact) mass is 484 g/mol. The number of para-hydroxylation sites is 1. The number of piperidine rings is 2. The molecule has 0 N–H and O–H groups in total. The van der Waals surface area contributed by atoms with Crippen LogP contribution in [-0.4, -0.2) is 61.0 Å². The number of hydrogen-bond acceptors (Lipinski definition) is 4. The molecule has 0 aliphatic carbocycles. The van der Waals surface area contributed by atoms with Crippen LogP contribution in [0.25, 0.3) is 0 Å². The summed E-state index contributed by atoms with van der Waals surface area (Å²) in [4.78, 5) is 30.1. The molecule has 2 fully saturated rings. The van der Waals surface area contributed by atoms with E-state index in [1.165, 1.54) is 6.42 Å². The van der Waals surface area contributed by atoms with Crippen molar-refractivity contribution in [3.05, 3.63) is 59.6 Å². The fourth-order valence-corrected chi connectivity index (χ4v) is 4.96. The van der Waals surface area contributed by atoms with E-state index < -0.39 is 5.41 Å². The average Bonchev–Trinajstić information content (AvgIpc) is 2.88. The summed E-state index contributed by atoms with van der Waals surface area (Å²) in [7, 11) is 0. The highest BCUT2D eigenvalue weighted by molar-refractivity contribution is 6.30. The minimum atomic E-state index is -0.418. The van der Waals surface area contributed by atoms with Gasteiger partial charge in [0.05, 0.1) is 6.61 Å². The summed E-state index contributed by atoms with van der Waals surface area (Å²) in [5, 5.41) is 0.622. The molecule has 2 aromatic carbocycles. The lowest BCUT2D eigenvalue weighted by atomic mass is 9.77. The average molecular weight is 485 g/mol. The van der Waals surface area contributed by atoms with Crippen molar-refractivity contribution in [3.8, 4) is 11.5 Å². The highest BCUT2D eigenvalue weighted by Crippen LogP contribution is 2.35. The molecule has 0 spiro atoms. The first-order chi connectivity index (χ1) is 16.5. The summed E-state index contributed by atoms with van der Waals surface area (Å²) >= 11 is 5.93. The van der Waals surface area contributed by atoms with Gasteiger partial charge in [0.1, 0.15) is 11.5 Å². The molecule has 0 bridgehead atoms. The summed E-state index contributed by atoms with van der Waals surface area (Å²) in [5.74, 6) is 1.47. The Morgan fingerprint density at radius 2 is 1.47 bits per heavy atom. The number of rotatable bonds is 8. The standard InChI is InChI=1S/C27H33ClN2O4/c28-22-10-12-24(13-11-22)33-19-26(32)30-17-7-14-27(20-30,21-34-23-8-3-1-4-9-23)18-25(31)29-15-5-2-6-16-29/h1,3-4,8-13H,2,5-7,14-21H2/t27-/m0/s1. The van der Waals surface area contributed by atoms with Crippen molar-refractivity contribution < 1.29 is 19.1 Å². The van der Waals surface area contributed by atoms with Crippen molar-refractivity contribution in [2.75, 3.05) is 39.4 Å². The molecule has 0 saturated carbocycles. The molecule has 0 aromatic heterocycles. The highest BCUT2D eigenvalue weighted by Gasteiger charge is 2.41. The van der Waals surface area contributed by atoms with Crippen LogP contribution in [0.4, 0.5) is 0 Å². The Morgan fingerprint density at radius 3 is 2.21 bits per heavy atom. The highest BCUT2D eigenvalue weighted by atomic mass is 35.5. The van der Waals surface area contributed by atoms with Gasteiger partial charge < -0.3 is 19.3 Å². The second-order valence-electron chi connectivity index (χ2n) is 9.38. The third-order valence-electron chi connectivity index (χ3n) is 6.71. The maximum Gasteiger partial charge on any atom is 0.260 e. The first-order valence-corrected chi connectivity index (χ1v) is 12.5. The number of ether oxygens (including phenoxy) is 2. The lowest BCUT2D eigenvalue weighted by molar-refractivity contribution is -0.143. The SMILES string of the molecule is O=C(C[C@@]1(COc2ccccc2)CCCN(C(=O)COc2ccc(Cl)cc2)C1)N1CCCCC1. The van der Waals surface area contributed by atoms with Crippen molar-refractivity contribution in [1.29, 1.82) is 0 Å². The third kappa shape index (κ3) is 6.66. The van der Waals surface area contributed by atoms with Crippen LogP contribution in [0.3, 0.4) is 0 Å². The molecule has 2 aliphatic heterocycles. The predicted octanol–water partition coefficient (Wildman–Crippen LogP) is 4.81. The van der Waals surface area contributed by atoms with E-state index in [0.717, 1.165) is 44.5 Å². The zero-order valence-corrected chi connectivity index (χ0v) is 20.3. The first kappa shape index (κ1) is 24.4. The van der Waals surface area contributed by atoms with E-state index in [1.807, 2.05) is 40.1 Å². The number of likely N-dealkylation sites (tertiary alicyclic amines) is 2. The topological polar surface area (TPSA) is 59.1 Å². The predicted molar refractivity (Wildman–Crippen MR) is 132 cm³/mol. The Morgan fingerprint density at radius 1 is 0.794 bits per heavy atom. The molecule has 1 atom stereocenters. The van der Waals surface area contributed by atoms with Crippen LogP contribution in [0.15, 0.2) is 54.6 Å². The van der Waals surface area contributed by atoms with Crippen molar-refractivity contribution >= 4 is 23.4 Å². The smallest absolute Gasteiger partial charge is 0.260 e. The van der Waals surface area contributed by atoms with Gasteiger partial charge in [-0.05, 0) is 68.5 Å². The van der Waals surface area contributed by atoms with Gasteiger partial charge in [-0.15, -0.1) is 0 Å². The fourth-order valence-electron chi connectivity index (χ4n) is 4.83. The molecular formula is C27H33ClN2O4. The Balaban J connectivity index is 1.43. The molecule has 6 nitrogen and oxygen atoms in total. The zero-order valence-electron chi connectivity index (χ0n) is 19.6. The van der Waals surface area contributed by atoms with Crippen LogP contribution >= 0.6 is 11.6 Å². The normalized spacial score (nSPS) is 20.6. The van der Waals surface area contributed by atoms with Gasteiger partial charge in [0.25, 0.3) is 5.91 Å². The van der Waals surface area contributed by atoms with E-state index in [4.69, 9.17) is 21.1 Å². The summed E-state index contributed by atoms with van der Waals surface area (Å²) in [6.45, 7) is 3.16. The Labute approximate surface area is 206 Å². The van der Waals surface area contributed by atoms with Crippen LogP contribution in [-0.2, 0) is 9.59 Å². The maximum atomic E-state index is 13.2. The van der Waals surface area contributed by atoms with Gasteiger partial charge in [0.2, 0.25) is 5.91 Å². The van der Waals surface area contributed by atoms with Crippen LogP contribution in [0.2, 0.25) is 5.02 Å². The number of amides is 2. The molecule has 182 valence electrons. The molecule has 4 rings (SSSR count). The van der Waals surface area contributed by atoms with E-state index >= 15 is 0 Å².